The molecule has 4 aromatic rings. The fourth-order valence-electron chi connectivity index (χ4n) is 4.75. The number of likely N-dealkylation sites (tertiary alicyclic amines) is 1. The zero-order valence-corrected chi connectivity index (χ0v) is 22.7. The number of ether oxygens (including phenoxy) is 1. The van der Waals surface area contributed by atoms with E-state index >= 15 is 0 Å². The summed E-state index contributed by atoms with van der Waals surface area (Å²) in [6.07, 6.45) is 0.985. The van der Waals surface area contributed by atoms with E-state index < -0.39 is 11.5 Å². The maximum Gasteiger partial charge on any atom is 0.410 e. The Labute approximate surface area is 228 Å². The number of benzene rings is 2. The molecule has 1 aliphatic heterocycles. The lowest BCUT2D eigenvalue weighted by atomic mass is 9.93. The highest BCUT2D eigenvalue weighted by Crippen LogP contribution is 2.32. The molecule has 1 saturated heterocycles. The quantitative estimate of drug-likeness (QED) is 0.329. The molecule has 0 saturated carbocycles. The van der Waals surface area contributed by atoms with Crippen LogP contribution in [0.2, 0.25) is 10.0 Å². The van der Waals surface area contributed by atoms with Crippen molar-refractivity contribution in [2.45, 2.75) is 45.1 Å². The molecule has 0 aliphatic carbocycles. The van der Waals surface area contributed by atoms with Crippen LogP contribution in [0.4, 0.5) is 10.5 Å². The van der Waals surface area contributed by atoms with Gasteiger partial charge < -0.3 is 19.9 Å². The van der Waals surface area contributed by atoms with Gasteiger partial charge in [0, 0.05) is 40.7 Å². The maximum atomic E-state index is 13.0. The predicted octanol–water partition coefficient (Wildman–Crippen LogP) is 5.85. The van der Waals surface area contributed by atoms with E-state index in [0.717, 1.165) is 5.69 Å². The van der Waals surface area contributed by atoms with Gasteiger partial charge in [-0.25, -0.2) is 9.31 Å². The Balaban J connectivity index is 1.47. The number of aromatic nitrogens is 3. The summed E-state index contributed by atoms with van der Waals surface area (Å²) in [7, 11) is 0. The van der Waals surface area contributed by atoms with Crippen molar-refractivity contribution in [2.75, 3.05) is 18.4 Å². The maximum absolute atomic E-state index is 13.0. The van der Waals surface area contributed by atoms with Gasteiger partial charge in [0.15, 0.2) is 0 Å². The molecular formula is C27H27Cl2N5O4. The van der Waals surface area contributed by atoms with E-state index in [9.17, 15) is 14.4 Å². The molecule has 1 fully saturated rings. The summed E-state index contributed by atoms with van der Waals surface area (Å²) in [5.74, 6) is -0.381. The second-order valence-corrected chi connectivity index (χ2v) is 11.2. The number of nitrogens with zero attached hydrogens (tertiary/aromatic N) is 3. The molecule has 0 radical (unpaired) electrons. The van der Waals surface area contributed by atoms with Crippen LogP contribution < -0.4 is 10.9 Å². The zero-order valence-electron chi connectivity index (χ0n) is 21.2. The molecule has 5 rings (SSSR count). The highest BCUT2D eigenvalue weighted by Gasteiger charge is 2.29. The predicted molar refractivity (Wildman–Crippen MR) is 148 cm³/mol. The molecule has 38 heavy (non-hydrogen) atoms. The highest BCUT2D eigenvalue weighted by molar-refractivity contribution is 6.35. The van der Waals surface area contributed by atoms with E-state index in [4.69, 9.17) is 33.0 Å². The van der Waals surface area contributed by atoms with Crippen LogP contribution in [0.1, 0.15) is 55.6 Å². The normalized spacial score (nSPS) is 14.7. The summed E-state index contributed by atoms with van der Waals surface area (Å²) in [6, 6.07) is 11.5. The number of halogens is 2. The number of hydrogen-bond acceptors (Lipinski definition) is 5. The molecule has 1 aliphatic rings. The number of piperidine rings is 1. The van der Waals surface area contributed by atoms with Crippen molar-refractivity contribution >= 4 is 57.4 Å². The summed E-state index contributed by atoms with van der Waals surface area (Å²) < 4.78 is 7.23. The summed E-state index contributed by atoms with van der Waals surface area (Å²) in [5.41, 5.74) is 1.81. The lowest BCUT2D eigenvalue weighted by molar-refractivity contribution is 0.0203. The number of H-pyrrole nitrogens is 1. The molecule has 2 amide bonds. The van der Waals surface area contributed by atoms with Gasteiger partial charge in [0.1, 0.15) is 11.2 Å². The summed E-state index contributed by atoms with van der Waals surface area (Å²) in [5, 5.41) is 8.96. The number of hydrogen-bond donors (Lipinski definition) is 2. The number of rotatable bonds is 3. The Morgan fingerprint density at radius 2 is 1.76 bits per heavy atom. The van der Waals surface area contributed by atoms with Crippen LogP contribution in [0.25, 0.3) is 16.6 Å². The van der Waals surface area contributed by atoms with Gasteiger partial charge in [-0.15, -0.1) is 0 Å². The zero-order chi connectivity index (χ0) is 27.2. The van der Waals surface area contributed by atoms with Gasteiger partial charge in [0.2, 0.25) is 0 Å². The third-order valence-electron chi connectivity index (χ3n) is 6.40. The van der Waals surface area contributed by atoms with Crippen molar-refractivity contribution in [1.82, 2.24) is 19.5 Å². The Hall–Kier alpha value is -3.56. The Morgan fingerprint density at radius 3 is 2.42 bits per heavy atom. The highest BCUT2D eigenvalue weighted by atomic mass is 35.5. The molecule has 11 heteroatoms. The first-order valence-corrected chi connectivity index (χ1v) is 13.0. The van der Waals surface area contributed by atoms with Gasteiger partial charge in [-0.05, 0) is 63.9 Å². The van der Waals surface area contributed by atoms with E-state index in [2.05, 4.69) is 10.3 Å². The smallest absolute Gasteiger partial charge is 0.410 e. The van der Waals surface area contributed by atoms with Crippen molar-refractivity contribution < 1.29 is 14.3 Å². The van der Waals surface area contributed by atoms with Crippen molar-refractivity contribution in [3.05, 3.63) is 74.1 Å². The van der Waals surface area contributed by atoms with Crippen LogP contribution in [0, 0.1) is 0 Å². The third kappa shape index (κ3) is 5.35. The molecule has 3 heterocycles. The van der Waals surface area contributed by atoms with Crippen LogP contribution in [0.3, 0.4) is 0 Å². The van der Waals surface area contributed by atoms with E-state index in [0.29, 0.717) is 63.8 Å². The van der Waals surface area contributed by atoms with Crippen LogP contribution >= 0.6 is 23.2 Å². The first-order valence-electron chi connectivity index (χ1n) is 12.3. The van der Waals surface area contributed by atoms with Gasteiger partial charge >= 0.3 is 6.09 Å². The van der Waals surface area contributed by atoms with Gasteiger partial charge in [-0.1, -0.05) is 29.3 Å². The Bertz CT molecular complexity index is 1590. The average Bonchev–Trinajstić information content (AvgIpc) is 3.21. The molecule has 0 atom stereocenters. The minimum atomic E-state index is -0.561. The first kappa shape index (κ1) is 26.1. The number of amides is 2. The van der Waals surface area contributed by atoms with E-state index in [1.807, 2.05) is 26.8 Å². The second kappa shape index (κ2) is 9.96. The van der Waals surface area contributed by atoms with Gasteiger partial charge in [-0.2, -0.15) is 5.10 Å². The SMILES string of the molecule is CC(C)(C)OC(=O)N1CCC(c2cc(=O)[nH]c3c4c(NC(=O)c5cc(Cl)cc(Cl)c5)cccc4nn23)CC1. The average molecular weight is 556 g/mol. The summed E-state index contributed by atoms with van der Waals surface area (Å²) in [4.78, 5) is 42.8. The van der Waals surface area contributed by atoms with Crippen LogP contribution in [-0.2, 0) is 4.74 Å². The molecule has 0 spiro atoms. The van der Waals surface area contributed by atoms with Crippen LogP contribution in [0.15, 0.2) is 47.3 Å². The first-order chi connectivity index (χ1) is 18.0. The molecule has 2 aromatic heterocycles. The number of carbonyl (C=O) groups excluding carboxylic acids is 2. The Kier molecular flexibility index (Phi) is 6.83. The molecule has 2 N–H and O–H groups in total. The minimum absolute atomic E-state index is 0.0134. The monoisotopic (exact) mass is 555 g/mol. The molecule has 9 nitrogen and oxygen atoms in total. The van der Waals surface area contributed by atoms with E-state index in [1.165, 1.54) is 12.1 Å². The standard InChI is InChI=1S/C27H27Cl2N5O4/c1-27(2,3)38-26(37)33-9-7-15(8-10-33)21-14-22(35)31-24-23-19(5-4-6-20(23)32-34(21)24)30-25(36)16-11-17(28)13-18(29)12-16/h4-6,11-15H,7-10H2,1-3H3,(H,30,36)(H,31,35). The number of carbonyl (C=O) groups is 2. The number of aromatic amines is 1. The van der Waals surface area contributed by atoms with E-state index in [1.54, 1.807) is 33.7 Å². The van der Waals surface area contributed by atoms with Crippen molar-refractivity contribution in [2.24, 2.45) is 0 Å². The van der Waals surface area contributed by atoms with Gasteiger partial charge in [-0.3, -0.25) is 9.59 Å². The van der Waals surface area contributed by atoms with Crippen LogP contribution in [0.5, 0.6) is 0 Å². The molecular weight excluding hydrogens is 529 g/mol. The molecule has 0 bridgehead atoms. The third-order valence-corrected chi connectivity index (χ3v) is 6.84. The number of anilines is 1. The fraction of sp³-hybridized carbons (Fsp3) is 0.333. The summed E-state index contributed by atoms with van der Waals surface area (Å²) in [6.45, 7) is 6.55. The molecule has 0 unspecified atom stereocenters. The van der Waals surface area contributed by atoms with Crippen molar-refractivity contribution in [1.29, 1.82) is 0 Å². The number of nitrogens with one attached hydrogen (secondary N) is 2. The van der Waals surface area contributed by atoms with Crippen LogP contribution in [-0.4, -0.2) is 50.2 Å². The van der Waals surface area contributed by atoms with Crippen molar-refractivity contribution in [3.63, 3.8) is 0 Å². The minimum Gasteiger partial charge on any atom is -0.444 e. The summed E-state index contributed by atoms with van der Waals surface area (Å²) >= 11 is 12.1. The number of fused-ring (bicyclic) bond motifs is 3. The van der Waals surface area contributed by atoms with E-state index in [-0.39, 0.29) is 17.6 Å². The second-order valence-electron chi connectivity index (χ2n) is 10.4. The Morgan fingerprint density at radius 1 is 1.08 bits per heavy atom. The van der Waals surface area contributed by atoms with Crippen molar-refractivity contribution in [3.8, 4) is 0 Å². The molecule has 198 valence electrons. The van der Waals surface area contributed by atoms with Gasteiger partial charge in [0.05, 0.1) is 22.3 Å². The topological polar surface area (TPSA) is 109 Å². The lowest BCUT2D eigenvalue weighted by Gasteiger charge is -2.33. The fourth-order valence-corrected chi connectivity index (χ4v) is 5.27. The largest absolute Gasteiger partial charge is 0.444 e. The van der Waals surface area contributed by atoms with Gasteiger partial charge in [0.25, 0.3) is 11.5 Å². The lowest BCUT2D eigenvalue weighted by Crippen LogP contribution is -2.41. The molecule has 2 aromatic carbocycles.